The number of rotatable bonds is 1. The highest BCUT2D eigenvalue weighted by Gasteiger charge is 2.08. The second-order valence-corrected chi connectivity index (χ2v) is 2.42. The van der Waals surface area contributed by atoms with Crippen molar-refractivity contribution in [2.45, 2.75) is 0 Å². The maximum atomic E-state index is 10.8. The number of nitrogens with zero attached hydrogens (tertiary/aromatic N) is 1. The molecule has 0 unspecified atom stereocenters. The summed E-state index contributed by atoms with van der Waals surface area (Å²) in [5.41, 5.74) is 2.29. The molecule has 0 radical (unpaired) electrons. The van der Waals surface area contributed by atoms with Crippen LogP contribution in [0.3, 0.4) is 0 Å². The van der Waals surface area contributed by atoms with Gasteiger partial charge in [-0.2, -0.15) is 5.10 Å². The van der Waals surface area contributed by atoms with Gasteiger partial charge in [-0.05, 0) is 15.9 Å². The van der Waals surface area contributed by atoms with Crippen molar-refractivity contribution in [2.24, 2.45) is 5.84 Å². The number of hydrazine groups is 1. The summed E-state index contributed by atoms with van der Waals surface area (Å²) in [6.07, 6.45) is 1.48. The van der Waals surface area contributed by atoms with Crippen LogP contribution in [0.15, 0.2) is 10.7 Å². The van der Waals surface area contributed by atoms with Crippen LogP contribution in [-0.2, 0) is 0 Å². The number of nitrogens with two attached hydrogens (primary N) is 1. The first-order chi connectivity index (χ1) is 4.75. The number of aromatic nitrogens is 2. The summed E-state index contributed by atoms with van der Waals surface area (Å²) in [6, 6.07) is 0. The van der Waals surface area contributed by atoms with E-state index in [1.165, 1.54) is 6.20 Å². The van der Waals surface area contributed by atoms with Gasteiger partial charge in [-0.1, -0.05) is 0 Å². The van der Waals surface area contributed by atoms with Crippen LogP contribution in [0.4, 0.5) is 0 Å². The quantitative estimate of drug-likeness (QED) is 0.336. The summed E-state index contributed by atoms with van der Waals surface area (Å²) in [6.45, 7) is 0. The molecule has 54 valence electrons. The lowest BCUT2D eigenvalue weighted by Gasteiger charge is -1.93. The van der Waals surface area contributed by atoms with Crippen LogP contribution in [0, 0.1) is 0 Å². The number of nitrogen functional groups attached to an aromatic ring is 1. The van der Waals surface area contributed by atoms with Gasteiger partial charge in [-0.3, -0.25) is 15.3 Å². The van der Waals surface area contributed by atoms with Crippen molar-refractivity contribution >= 4 is 21.8 Å². The van der Waals surface area contributed by atoms with Gasteiger partial charge in [0.1, 0.15) is 5.69 Å². The third kappa shape index (κ3) is 1.17. The zero-order valence-corrected chi connectivity index (χ0v) is 6.47. The van der Waals surface area contributed by atoms with Gasteiger partial charge in [0, 0.05) is 0 Å². The Morgan fingerprint density at radius 2 is 2.60 bits per heavy atom. The molecule has 5 nitrogen and oxygen atoms in total. The lowest BCUT2D eigenvalue weighted by molar-refractivity contribution is 0.0948. The minimum absolute atomic E-state index is 0.322. The normalized spacial score (nSPS) is 9.40. The van der Waals surface area contributed by atoms with Gasteiger partial charge in [0.2, 0.25) is 0 Å². The van der Waals surface area contributed by atoms with Gasteiger partial charge in [0.05, 0.1) is 10.7 Å². The molecule has 1 amide bonds. The summed E-state index contributed by atoms with van der Waals surface area (Å²) >= 11 is 3.10. The molecular weight excluding hydrogens is 200 g/mol. The van der Waals surface area contributed by atoms with E-state index >= 15 is 0 Å². The van der Waals surface area contributed by atoms with E-state index in [2.05, 4.69) is 26.1 Å². The van der Waals surface area contributed by atoms with Gasteiger partial charge in [-0.15, -0.1) is 0 Å². The Morgan fingerprint density at radius 1 is 1.90 bits per heavy atom. The molecule has 1 aromatic heterocycles. The molecular formula is C4H5BrN4O. The van der Waals surface area contributed by atoms with E-state index in [-0.39, 0.29) is 0 Å². The number of amides is 1. The summed E-state index contributed by atoms with van der Waals surface area (Å²) in [5.74, 6) is 4.47. The monoisotopic (exact) mass is 204 g/mol. The third-order valence-electron chi connectivity index (χ3n) is 0.951. The third-order valence-corrected chi connectivity index (χ3v) is 1.55. The number of hydrogen-bond donors (Lipinski definition) is 3. The van der Waals surface area contributed by atoms with Gasteiger partial charge in [-0.25, -0.2) is 5.84 Å². The van der Waals surface area contributed by atoms with E-state index in [9.17, 15) is 4.79 Å². The van der Waals surface area contributed by atoms with E-state index in [1.54, 1.807) is 0 Å². The van der Waals surface area contributed by atoms with Gasteiger partial charge >= 0.3 is 0 Å². The summed E-state index contributed by atoms with van der Waals surface area (Å²) in [7, 11) is 0. The minimum Gasteiger partial charge on any atom is -0.289 e. The molecule has 4 N–H and O–H groups in total. The molecule has 0 saturated heterocycles. The molecule has 0 saturated carbocycles. The predicted octanol–water partition coefficient (Wildman–Crippen LogP) is -0.224. The van der Waals surface area contributed by atoms with E-state index in [1.807, 2.05) is 5.43 Å². The molecule has 0 aliphatic heterocycles. The lowest BCUT2D eigenvalue weighted by atomic mass is 10.4. The SMILES string of the molecule is NNC(=O)c1[nH]ncc1Br. The minimum atomic E-state index is -0.399. The Kier molecular flexibility index (Phi) is 2.03. The molecule has 0 bridgehead atoms. The first-order valence-corrected chi connectivity index (χ1v) is 3.25. The molecule has 0 aliphatic rings. The molecule has 0 aromatic carbocycles. The maximum absolute atomic E-state index is 10.8. The Hall–Kier alpha value is -0.880. The van der Waals surface area contributed by atoms with E-state index in [4.69, 9.17) is 5.84 Å². The Labute approximate surface area is 65.1 Å². The largest absolute Gasteiger partial charge is 0.289 e. The molecule has 0 fully saturated rings. The van der Waals surface area contributed by atoms with Crippen LogP contribution in [0.1, 0.15) is 10.5 Å². The molecule has 0 atom stereocenters. The first-order valence-electron chi connectivity index (χ1n) is 2.45. The van der Waals surface area contributed by atoms with Crippen LogP contribution in [0.2, 0.25) is 0 Å². The predicted molar refractivity (Wildman–Crippen MR) is 37.9 cm³/mol. The molecule has 1 heterocycles. The molecule has 0 aliphatic carbocycles. The smallest absolute Gasteiger partial charge is 0.284 e. The van der Waals surface area contributed by atoms with Crippen LogP contribution >= 0.6 is 15.9 Å². The number of nitrogens with one attached hydrogen (secondary N) is 2. The molecule has 10 heavy (non-hydrogen) atoms. The molecule has 1 rings (SSSR count). The van der Waals surface area contributed by atoms with Crippen molar-refractivity contribution in [1.82, 2.24) is 15.6 Å². The standard InChI is InChI=1S/C4H5BrN4O/c5-2-1-7-9-3(2)4(10)8-6/h1H,6H2,(H,7,9)(H,8,10). The number of carbonyl (C=O) groups excluding carboxylic acids is 1. The van der Waals surface area contributed by atoms with E-state index in [0.717, 1.165) is 0 Å². The van der Waals surface area contributed by atoms with Crippen LogP contribution in [0.5, 0.6) is 0 Å². The number of halogens is 1. The molecule has 0 spiro atoms. The van der Waals surface area contributed by atoms with Gasteiger partial charge < -0.3 is 0 Å². The van der Waals surface area contributed by atoms with Crippen molar-refractivity contribution in [3.8, 4) is 0 Å². The first kappa shape index (κ1) is 7.23. The van der Waals surface area contributed by atoms with Crippen molar-refractivity contribution in [2.75, 3.05) is 0 Å². The Balaban J connectivity index is 2.93. The highest BCUT2D eigenvalue weighted by molar-refractivity contribution is 9.10. The second-order valence-electron chi connectivity index (χ2n) is 1.57. The highest BCUT2D eigenvalue weighted by atomic mass is 79.9. The summed E-state index contributed by atoms with van der Waals surface area (Å²) in [4.78, 5) is 10.8. The molecule has 6 heteroatoms. The van der Waals surface area contributed by atoms with Crippen LogP contribution in [0.25, 0.3) is 0 Å². The summed E-state index contributed by atoms with van der Waals surface area (Å²) < 4.78 is 0.593. The van der Waals surface area contributed by atoms with Crippen molar-refractivity contribution in [3.05, 3.63) is 16.4 Å². The lowest BCUT2D eigenvalue weighted by Crippen LogP contribution is -2.30. The van der Waals surface area contributed by atoms with Gasteiger partial charge in [0.25, 0.3) is 5.91 Å². The number of hydrogen-bond acceptors (Lipinski definition) is 3. The summed E-state index contributed by atoms with van der Waals surface area (Å²) in [5, 5.41) is 6.07. The zero-order chi connectivity index (χ0) is 7.56. The second kappa shape index (κ2) is 2.80. The topological polar surface area (TPSA) is 83.8 Å². The van der Waals surface area contributed by atoms with E-state index in [0.29, 0.717) is 10.2 Å². The van der Waals surface area contributed by atoms with Crippen molar-refractivity contribution in [1.29, 1.82) is 0 Å². The Bertz CT molecular complexity index is 245. The fraction of sp³-hybridized carbons (Fsp3) is 0. The fourth-order valence-electron chi connectivity index (χ4n) is 0.503. The van der Waals surface area contributed by atoms with E-state index < -0.39 is 5.91 Å². The van der Waals surface area contributed by atoms with Crippen LogP contribution in [-0.4, -0.2) is 16.1 Å². The molecule has 1 aromatic rings. The highest BCUT2D eigenvalue weighted by Crippen LogP contribution is 2.11. The van der Waals surface area contributed by atoms with Crippen LogP contribution < -0.4 is 11.3 Å². The average Bonchev–Trinajstić information content (AvgIpc) is 2.34. The maximum Gasteiger partial charge on any atom is 0.284 e. The zero-order valence-electron chi connectivity index (χ0n) is 4.89. The van der Waals surface area contributed by atoms with Crippen molar-refractivity contribution < 1.29 is 4.79 Å². The number of carbonyl (C=O) groups is 1. The average molecular weight is 205 g/mol. The van der Waals surface area contributed by atoms with Gasteiger partial charge in [0.15, 0.2) is 0 Å². The fourth-order valence-corrected chi connectivity index (χ4v) is 0.874. The van der Waals surface area contributed by atoms with Crippen molar-refractivity contribution in [3.63, 3.8) is 0 Å². The number of H-pyrrole nitrogens is 1. The number of aromatic amines is 1. The Morgan fingerprint density at radius 3 is 3.00 bits per heavy atom.